The standard InChI is InChI=1S/C27H21F2N3O2/c28-21-8-6-19(7-9-21)20-11-13-31(14-12-20)27(34)23-15-18(5-10-24(23)29)17-32-25-4-2-1-3-22(25)26(33)16-30-32/h1-11,15-16H,12-14,17H2. The van der Waals surface area contributed by atoms with E-state index in [2.05, 4.69) is 5.10 Å². The summed E-state index contributed by atoms with van der Waals surface area (Å²) in [7, 11) is 0. The number of nitrogens with zero attached hydrogens (tertiary/aromatic N) is 3. The second kappa shape index (κ2) is 9.02. The first-order valence-corrected chi connectivity index (χ1v) is 11.0. The molecular weight excluding hydrogens is 436 g/mol. The van der Waals surface area contributed by atoms with Gasteiger partial charge in [0.15, 0.2) is 0 Å². The van der Waals surface area contributed by atoms with Crippen LogP contribution in [-0.2, 0) is 6.54 Å². The smallest absolute Gasteiger partial charge is 0.257 e. The van der Waals surface area contributed by atoms with Gasteiger partial charge in [0, 0.05) is 18.5 Å². The zero-order valence-corrected chi connectivity index (χ0v) is 18.2. The topological polar surface area (TPSA) is 55.2 Å². The van der Waals surface area contributed by atoms with Crippen molar-refractivity contribution in [1.82, 2.24) is 14.7 Å². The number of hydrogen-bond acceptors (Lipinski definition) is 3. The van der Waals surface area contributed by atoms with Gasteiger partial charge in [-0.05, 0) is 59.5 Å². The minimum atomic E-state index is -0.584. The van der Waals surface area contributed by atoms with Crippen LogP contribution in [0.15, 0.2) is 83.8 Å². The number of para-hydroxylation sites is 1. The van der Waals surface area contributed by atoms with Crippen LogP contribution in [0, 0.1) is 11.6 Å². The van der Waals surface area contributed by atoms with Gasteiger partial charge in [-0.1, -0.05) is 36.4 Å². The largest absolute Gasteiger partial charge is 0.334 e. The molecule has 170 valence electrons. The first kappa shape index (κ1) is 21.7. The molecule has 0 saturated carbocycles. The molecule has 5 nitrogen and oxygen atoms in total. The number of carbonyl (C=O) groups is 1. The zero-order valence-electron chi connectivity index (χ0n) is 18.2. The Morgan fingerprint density at radius 3 is 2.56 bits per heavy atom. The van der Waals surface area contributed by atoms with Crippen molar-refractivity contribution in [3.05, 3.63) is 118 Å². The van der Waals surface area contributed by atoms with Gasteiger partial charge in [-0.15, -0.1) is 0 Å². The fourth-order valence-corrected chi connectivity index (χ4v) is 4.24. The van der Waals surface area contributed by atoms with Gasteiger partial charge in [0.05, 0.1) is 23.8 Å². The summed E-state index contributed by atoms with van der Waals surface area (Å²) >= 11 is 0. The summed E-state index contributed by atoms with van der Waals surface area (Å²) in [5, 5.41) is 4.76. The molecule has 0 aliphatic carbocycles. The van der Waals surface area contributed by atoms with E-state index in [1.165, 1.54) is 24.4 Å². The Morgan fingerprint density at radius 2 is 1.79 bits per heavy atom. The predicted molar refractivity (Wildman–Crippen MR) is 126 cm³/mol. The summed E-state index contributed by atoms with van der Waals surface area (Å²) in [6.07, 6.45) is 3.79. The third kappa shape index (κ3) is 4.24. The number of hydrogen-bond donors (Lipinski definition) is 0. The zero-order chi connectivity index (χ0) is 23.7. The number of aromatic nitrogens is 2. The Bertz CT molecular complexity index is 1480. The molecule has 2 heterocycles. The summed E-state index contributed by atoms with van der Waals surface area (Å²) in [4.78, 5) is 26.8. The van der Waals surface area contributed by atoms with Crippen LogP contribution in [0.3, 0.4) is 0 Å². The molecule has 1 amide bonds. The molecule has 7 heteroatoms. The van der Waals surface area contributed by atoms with Crippen molar-refractivity contribution in [1.29, 1.82) is 0 Å². The molecule has 0 unspecified atom stereocenters. The second-order valence-electron chi connectivity index (χ2n) is 8.24. The Labute approximate surface area is 194 Å². The quantitative estimate of drug-likeness (QED) is 0.448. The van der Waals surface area contributed by atoms with Crippen LogP contribution in [0.2, 0.25) is 0 Å². The Hall–Kier alpha value is -4.13. The third-order valence-corrected chi connectivity index (χ3v) is 6.07. The average molecular weight is 457 g/mol. The average Bonchev–Trinajstić information content (AvgIpc) is 2.87. The molecule has 0 saturated heterocycles. The van der Waals surface area contributed by atoms with Crippen molar-refractivity contribution < 1.29 is 13.6 Å². The molecule has 1 aliphatic heterocycles. The SMILES string of the molecule is O=C(c1cc(Cn2ncc(=O)c3ccccc32)ccc1F)N1CC=C(c2ccc(F)cc2)CC1. The van der Waals surface area contributed by atoms with Crippen LogP contribution in [0.5, 0.6) is 0 Å². The number of amides is 1. The molecule has 0 N–H and O–H groups in total. The van der Waals surface area contributed by atoms with Crippen molar-refractivity contribution in [3.63, 3.8) is 0 Å². The molecule has 1 aliphatic rings. The molecular formula is C27H21F2N3O2. The van der Waals surface area contributed by atoms with Crippen molar-refractivity contribution in [3.8, 4) is 0 Å². The van der Waals surface area contributed by atoms with Crippen LogP contribution in [-0.4, -0.2) is 33.7 Å². The maximum atomic E-state index is 14.6. The number of benzene rings is 3. The van der Waals surface area contributed by atoms with Gasteiger partial charge in [-0.2, -0.15) is 5.10 Å². The molecule has 1 aromatic heterocycles. The summed E-state index contributed by atoms with van der Waals surface area (Å²) < 4.78 is 29.5. The summed E-state index contributed by atoms with van der Waals surface area (Å²) in [5.41, 5.74) is 3.16. The van der Waals surface area contributed by atoms with Crippen molar-refractivity contribution in [2.24, 2.45) is 0 Å². The van der Waals surface area contributed by atoms with Gasteiger partial charge < -0.3 is 4.90 Å². The van der Waals surface area contributed by atoms with E-state index < -0.39 is 5.82 Å². The van der Waals surface area contributed by atoms with E-state index in [0.717, 1.165) is 11.1 Å². The number of carbonyl (C=O) groups excluding carboxylic acids is 1. The second-order valence-corrected chi connectivity index (χ2v) is 8.24. The van der Waals surface area contributed by atoms with Gasteiger partial charge in [-0.3, -0.25) is 14.3 Å². The van der Waals surface area contributed by atoms with Crippen LogP contribution in [0.1, 0.15) is 27.9 Å². The molecule has 0 fully saturated rings. The molecule has 0 spiro atoms. The van der Waals surface area contributed by atoms with Gasteiger partial charge >= 0.3 is 0 Å². The fourth-order valence-electron chi connectivity index (χ4n) is 4.24. The maximum Gasteiger partial charge on any atom is 0.257 e. The molecule has 0 bridgehead atoms. The van der Waals surface area contributed by atoms with Gasteiger partial charge in [0.1, 0.15) is 11.6 Å². The van der Waals surface area contributed by atoms with Crippen molar-refractivity contribution >= 4 is 22.4 Å². The highest BCUT2D eigenvalue weighted by Crippen LogP contribution is 2.24. The van der Waals surface area contributed by atoms with E-state index >= 15 is 0 Å². The molecule has 3 aromatic carbocycles. The van der Waals surface area contributed by atoms with E-state index in [9.17, 15) is 18.4 Å². The van der Waals surface area contributed by atoms with Gasteiger partial charge in [-0.25, -0.2) is 8.78 Å². The summed E-state index contributed by atoms with van der Waals surface area (Å²) in [6.45, 7) is 1.08. The van der Waals surface area contributed by atoms with Gasteiger partial charge in [0.2, 0.25) is 5.43 Å². The lowest BCUT2D eigenvalue weighted by Crippen LogP contribution is -2.35. The predicted octanol–water partition coefficient (Wildman–Crippen LogP) is 4.65. The highest BCUT2D eigenvalue weighted by atomic mass is 19.1. The maximum absolute atomic E-state index is 14.6. The first-order chi connectivity index (χ1) is 16.5. The minimum absolute atomic E-state index is 0.00137. The number of rotatable bonds is 4. The minimum Gasteiger partial charge on any atom is -0.334 e. The Kier molecular flexibility index (Phi) is 5.76. The number of fused-ring (bicyclic) bond motifs is 1. The van der Waals surface area contributed by atoms with E-state index in [4.69, 9.17) is 0 Å². The van der Waals surface area contributed by atoms with E-state index in [-0.39, 0.29) is 29.3 Å². The Morgan fingerprint density at radius 1 is 1.00 bits per heavy atom. The summed E-state index contributed by atoms with van der Waals surface area (Å²) in [6, 6.07) is 17.9. The van der Waals surface area contributed by atoms with Crippen LogP contribution >= 0.6 is 0 Å². The van der Waals surface area contributed by atoms with Crippen molar-refractivity contribution in [2.45, 2.75) is 13.0 Å². The van der Waals surface area contributed by atoms with Crippen LogP contribution in [0.25, 0.3) is 16.5 Å². The first-order valence-electron chi connectivity index (χ1n) is 11.0. The van der Waals surface area contributed by atoms with Crippen LogP contribution in [0.4, 0.5) is 8.78 Å². The Balaban J connectivity index is 1.37. The van der Waals surface area contributed by atoms with Crippen LogP contribution < -0.4 is 5.43 Å². The third-order valence-electron chi connectivity index (χ3n) is 6.07. The summed E-state index contributed by atoms with van der Waals surface area (Å²) in [5.74, 6) is -1.26. The highest BCUT2D eigenvalue weighted by molar-refractivity contribution is 5.95. The van der Waals surface area contributed by atoms with Gasteiger partial charge in [0.25, 0.3) is 5.91 Å². The lowest BCUT2D eigenvalue weighted by atomic mass is 9.99. The monoisotopic (exact) mass is 457 g/mol. The van der Waals surface area contributed by atoms with Crippen molar-refractivity contribution in [2.75, 3.05) is 13.1 Å². The van der Waals surface area contributed by atoms with E-state index in [0.29, 0.717) is 36.0 Å². The molecule has 34 heavy (non-hydrogen) atoms. The highest BCUT2D eigenvalue weighted by Gasteiger charge is 2.22. The van der Waals surface area contributed by atoms with E-state index in [1.807, 2.05) is 12.1 Å². The number of halogens is 2. The lowest BCUT2D eigenvalue weighted by Gasteiger charge is -2.27. The molecule has 4 aromatic rings. The van der Waals surface area contributed by atoms with E-state index in [1.54, 1.807) is 52.0 Å². The molecule has 5 rings (SSSR count). The normalized spacial score (nSPS) is 13.7. The molecule has 0 atom stereocenters. The lowest BCUT2D eigenvalue weighted by molar-refractivity contribution is 0.0768. The molecule has 0 radical (unpaired) electrons. The fraction of sp³-hybridized carbons (Fsp3) is 0.148.